The zero-order valence-corrected chi connectivity index (χ0v) is 30.2. The van der Waals surface area contributed by atoms with Crippen LogP contribution >= 0.6 is 0 Å². The van der Waals surface area contributed by atoms with E-state index in [-0.39, 0.29) is 39.8 Å². The largest absolute Gasteiger partial charge is 0.457 e. The van der Waals surface area contributed by atoms with Crippen LogP contribution in [0.4, 0.5) is 0 Å². The van der Waals surface area contributed by atoms with Crippen LogP contribution in [-0.2, 0) is 29.6 Å². The molecule has 1 N–H and O–H groups in total. The van der Waals surface area contributed by atoms with Crippen LogP contribution < -0.4 is 4.83 Å². The number of hydrogen-bond donors (Lipinski definition) is 1. The first kappa shape index (κ1) is 35.1. The van der Waals surface area contributed by atoms with Gasteiger partial charge in [0, 0.05) is 23.1 Å². The molecule has 0 aromatic heterocycles. The number of benzene rings is 2. The van der Waals surface area contributed by atoms with Crippen LogP contribution in [0.2, 0.25) is 0 Å². The number of nitrogens with one attached hydrogen (secondary N) is 1. The van der Waals surface area contributed by atoms with E-state index in [4.69, 9.17) is 4.74 Å². The molecule has 0 unspecified atom stereocenters. The molecule has 11 heteroatoms. The first-order valence-electron chi connectivity index (χ1n) is 17.8. The highest BCUT2D eigenvalue weighted by atomic mass is 32.2. The molecule has 48 heavy (non-hydrogen) atoms. The number of carbonyl (C=O) groups is 1. The third-order valence-corrected chi connectivity index (χ3v) is 15.4. The van der Waals surface area contributed by atoms with E-state index in [0.717, 1.165) is 76.2 Å². The maximum Gasteiger partial charge on any atom is 0.359 e. The molecular formula is C37H51N3O6S2. The van der Waals surface area contributed by atoms with Crippen LogP contribution in [0.15, 0.2) is 64.6 Å². The number of aryl methyl sites for hydroxylation is 1. The monoisotopic (exact) mass is 697 g/mol. The minimum absolute atomic E-state index is 0.0251. The molecule has 4 fully saturated rings. The number of rotatable bonds is 11. The second kappa shape index (κ2) is 13.9. The molecule has 0 heterocycles. The Hall–Kier alpha value is -2.76. The van der Waals surface area contributed by atoms with Gasteiger partial charge in [0.25, 0.3) is 10.0 Å². The van der Waals surface area contributed by atoms with Gasteiger partial charge in [0.15, 0.2) is 5.71 Å². The maximum atomic E-state index is 14.8. The summed E-state index contributed by atoms with van der Waals surface area (Å²) >= 11 is 0. The molecule has 4 aliphatic rings. The Kier molecular flexibility index (Phi) is 10.1. The normalized spacial score (nSPS) is 26.9. The van der Waals surface area contributed by atoms with Crippen LogP contribution in [0.3, 0.4) is 0 Å². The Balaban J connectivity index is 1.30. The minimum Gasteiger partial charge on any atom is -0.457 e. The minimum atomic E-state index is -4.07. The van der Waals surface area contributed by atoms with E-state index in [2.05, 4.69) is 23.8 Å². The van der Waals surface area contributed by atoms with E-state index in [1.165, 1.54) is 12.1 Å². The zero-order chi connectivity index (χ0) is 34.2. The predicted molar refractivity (Wildman–Crippen MR) is 187 cm³/mol. The number of sulfonamides is 2. The van der Waals surface area contributed by atoms with E-state index >= 15 is 0 Å². The van der Waals surface area contributed by atoms with Gasteiger partial charge in [-0.3, -0.25) is 0 Å². The number of hydrogen-bond acceptors (Lipinski definition) is 7. The molecule has 0 saturated heterocycles. The number of fused-ring (bicyclic) bond motifs is 2. The summed E-state index contributed by atoms with van der Waals surface area (Å²) in [5.74, 6) is -0.610. The molecule has 2 aromatic rings. The lowest BCUT2D eigenvalue weighted by molar-refractivity contribution is -0.148. The second-order valence-electron chi connectivity index (χ2n) is 15.1. The van der Waals surface area contributed by atoms with E-state index in [1.54, 1.807) is 42.5 Å². The summed E-state index contributed by atoms with van der Waals surface area (Å²) in [6.45, 7) is 6.15. The standard InChI is InChI=1S/C37H51N3O6S2/c1-27-19-21-32(22-20-27)48(44,45)39-38-34(28-13-7-4-8-14-28)35(41)46-33-25-29-23-24-37(33,36(29,2)3)26-47(42,43)40(30-15-9-5-10-16-30)31-17-11-6-12-18-31/h4,7-8,13-14,19-22,29-31,33,39H,5-6,9-12,15-18,23-26H2,1-3H3/b38-34+/t29-,33-,37-/m1/s1. The van der Waals surface area contributed by atoms with Crippen LogP contribution in [0.1, 0.15) is 108 Å². The van der Waals surface area contributed by atoms with Crippen molar-refractivity contribution < 1.29 is 26.4 Å². The van der Waals surface area contributed by atoms with E-state index in [1.807, 2.05) is 11.2 Å². The van der Waals surface area contributed by atoms with Gasteiger partial charge in [-0.05, 0) is 75.3 Å². The fraction of sp³-hybridized carbons (Fsp3) is 0.622. The summed E-state index contributed by atoms with van der Waals surface area (Å²) in [6, 6.07) is 15.1. The quantitative estimate of drug-likeness (QED) is 0.158. The molecule has 0 amide bonds. The summed E-state index contributed by atoms with van der Waals surface area (Å²) in [7, 11) is -7.77. The lowest BCUT2D eigenvalue weighted by atomic mass is 9.69. The number of ether oxygens (including phenoxy) is 1. The van der Waals surface area contributed by atoms with Crippen LogP contribution in [0, 0.1) is 23.7 Å². The Labute approximate surface area is 287 Å². The molecule has 9 nitrogen and oxygen atoms in total. The molecule has 3 atom stereocenters. The molecule has 2 aromatic carbocycles. The van der Waals surface area contributed by atoms with Crippen LogP contribution in [0.25, 0.3) is 0 Å². The van der Waals surface area contributed by atoms with Crippen molar-refractivity contribution in [1.29, 1.82) is 0 Å². The van der Waals surface area contributed by atoms with Gasteiger partial charge in [-0.2, -0.15) is 22.7 Å². The highest BCUT2D eigenvalue weighted by Gasteiger charge is 2.67. The summed E-state index contributed by atoms with van der Waals surface area (Å²) in [6.07, 6.45) is 11.6. The number of carbonyl (C=O) groups excluding carboxylic acids is 1. The highest BCUT2D eigenvalue weighted by Crippen LogP contribution is 2.67. The van der Waals surface area contributed by atoms with Crippen molar-refractivity contribution in [3.05, 3.63) is 65.7 Å². The average molecular weight is 698 g/mol. The van der Waals surface area contributed by atoms with Gasteiger partial charge in [0.05, 0.1) is 10.6 Å². The Morgan fingerprint density at radius 1 is 0.854 bits per heavy atom. The summed E-state index contributed by atoms with van der Waals surface area (Å²) in [5.41, 5.74) is 0.00957. The summed E-state index contributed by atoms with van der Waals surface area (Å²) in [5, 5.41) is 4.13. The second-order valence-corrected chi connectivity index (χ2v) is 18.7. The van der Waals surface area contributed by atoms with Crippen molar-refractivity contribution in [2.24, 2.45) is 21.8 Å². The topological polar surface area (TPSA) is 122 Å². The molecule has 0 spiro atoms. The lowest BCUT2D eigenvalue weighted by Gasteiger charge is -2.46. The molecule has 2 bridgehead atoms. The third-order valence-electron chi connectivity index (χ3n) is 12.1. The van der Waals surface area contributed by atoms with Gasteiger partial charge in [-0.15, -0.1) is 0 Å². The van der Waals surface area contributed by atoms with E-state index in [0.29, 0.717) is 18.4 Å². The fourth-order valence-corrected chi connectivity index (χ4v) is 12.9. The van der Waals surface area contributed by atoms with Gasteiger partial charge in [0.2, 0.25) is 10.0 Å². The van der Waals surface area contributed by atoms with Gasteiger partial charge in [0.1, 0.15) is 6.10 Å². The zero-order valence-electron chi connectivity index (χ0n) is 28.6. The molecule has 0 radical (unpaired) electrons. The fourth-order valence-electron chi connectivity index (χ4n) is 9.21. The summed E-state index contributed by atoms with van der Waals surface area (Å²) in [4.78, 5) is 16.3. The van der Waals surface area contributed by atoms with E-state index < -0.39 is 37.5 Å². The van der Waals surface area contributed by atoms with Crippen molar-refractivity contribution in [1.82, 2.24) is 9.14 Å². The number of nitrogens with zero attached hydrogens (tertiary/aromatic N) is 2. The lowest BCUT2D eigenvalue weighted by Crippen LogP contribution is -2.54. The molecule has 6 rings (SSSR count). The smallest absolute Gasteiger partial charge is 0.359 e. The van der Waals surface area contributed by atoms with Crippen LogP contribution in [-0.4, -0.2) is 56.8 Å². The first-order valence-corrected chi connectivity index (χ1v) is 20.9. The Morgan fingerprint density at radius 3 is 2.00 bits per heavy atom. The summed E-state index contributed by atoms with van der Waals surface area (Å²) < 4.78 is 64.1. The van der Waals surface area contributed by atoms with Gasteiger partial charge in [-0.1, -0.05) is 100 Å². The molecule has 4 aliphatic carbocycles. The maximum absolute atomic E-state index is 14.8. The third kappa shape index (κ3) is 6.84. The van der Waals surface area contributed by atoms with Gasteiger partial charge < -0.3 is 4.74 Å². The number of esters is 1. The SMILES string of the molecule is Cc1ccc(S(=O)(=O)N/N=C(/C(=O)O[C@@H]2C[C@H]3CC[C@]2(CS(=O)(=O)N(C2CCCCC2)C2CCCCC2)C3(C)C)c2ccccc2)cc1. The van der Waals surface area contributed by atoms with Crippen molar-refractivity contribution in [2.45, 2.75) is 127 Å². The average Bonchev–Trinajstić information content (AvgIpc) is 3.41. The van der Waals surface area contributed by atoms with Crippen molar-refractivity contribution in [2.75, 3.05) is 5.75 Å². The first-order chi connectivity index (χ1) is 22.8. The van der Waals surface area contributed by atoms with E-state index in [9.17, 15) is 21.6 Å². The van der Waals surface area contributed by atoms with Crippen molar-refractivity contribution in [3.8, 4) is 0 Å². The molecule has 0 aliphatic heterocycles. The van der Waals surface area contributed by atoms with Gasteiger partial charge in [-0.25, -0.2) is 13.2 Å². The Bertz CT molecular complexity index is 1680. The molecule has 262 valence electrons. The Morgan fingerprint density at radius 2 is 1.44 bits per heavy atom. The molecular weight excluding hydrogens is 647 g/mol. The molecule has 4 saturated carbocycles. The van der Waals surface area contributed by atoms with Crippen molar-refractivity contribution >= 4 is 31.7 Å². The number of hydrazone groups is 1. The van der Waals surface area contributed by atoms with Gasteiger partial charge >= 0.3 is 5.97 Å². The van der Waals surface area contributed by atoms with Crippen LogP contribution in [0.5, 0.6) is 0 Å². The van der Waals surface area contributed by atoms with Crippen molar-refractivity contribution in [3.63, 3.8) is 0 Å². The highest BCUT2D eigenvalue weighted by molar-refractivity contribution is 7.89. The predicted octanol–water partition coefficient (Wildman–Crippen LogP) is 6.71.